The van der Waals surface area contributed by atoms with Crippen LogP contribution < -0.4 is 10.6 Å². The van der Waals surface area contributed by atoms with Crippen molar-refractivity contribution in [2.75, 3.05) is 11.9 Å². The summed E-state index contributed by atoms with van der Waals surface area (Å²) in [5.41, 5.74) is -2.08. The number of carbonyl (C=O) groups excluding carboxylic acids is 1. The van der Waals surface area contributed by atoms with Gasteiger partial charge in [0.1, 0.15) is 11.4 Å². The third-order valence-electron chi connectivity index (χ3n) is 3.29. The highest BCUT2D eigenvalue weighted by atomic mass is 35.5. The van der Waals surface area contributed by atoms with Crippen LogP contribution in [-0.4, -0.2) is 29.2 Å². The quantitative estimate of drug-likeness (QED) is 0.874. The zero-order chi connectivity index (χ0) is 15.7. The maximum absolute atomic E-state index is 12.8. The summed E-state index contributed by atoms with van der Waals surface area (Å²) in [7, 11) is 0. The van der Waals surface area contributed by atoms with Gasteiger partial charge in [-0.05, 0) is 25.3 Å². The molecule has 1 amide bonds. The molecule has 116 valence electrons. The summed E-state index contributed by atoms with van der Waals surface area (Å²) in [5, 5.41) is 5.19. The van der Waals surface area contributed by atoms with Gasteiger partial charge >= 0.3 is 6.18 Å². The molecule has 0 spiro atoms. The monoisotopic (exact) mass is 321 g/mol. The van der Waals surface area contributed by atoms with Crippen molar-refractivity contribution in [2.45, 2.75) is 37.9 Å². The fourth-order valence-corrected chi connectivity index (χ4v) is 2.06. The average molecular weight is 322 g/mol. The Morgan fingerprint density at radius 1 is 1.48 bits per heavy atom. The predicted molar refractivity (Wildman–Crippen MR) is 73.5 cm³/mol. The molecule has 2 rings (SSSR count). The second-order valence-corrected chi connectivity index (χ2v) is 5.42. The van der Waals surface area contributed by atoms with Crippen molar-refractivity contribution in [1.29, 1.82) is 0 Å². The fourth-order valence-electron chi connectivity index (χ4n) is 1.83. The summed E-state index contributed by atoms with van der Waals surface area (Å²) >= 11 is 5.96. The van der Waals surface area contributed by atoms with E-state index in [1.807, 2.05) is 12.2 Å². The number of halogens is 4. The number of anilines is 1. The summed E-state index contributed by atoms with van der Waals surface area (Å²) in [5.74, 6) is -0.409. The number of alkyl halides is 3. The van der Waals surface area contributed by atoms with Crippen molar-refractivity contribution in [3.05, 3.63) is 22.8 Å². The minimum atomic E-state index is -4.44. The van der Waals surface area contributed by atoms with Gasteiger partial charge in [0.15, 0.2) is 0 Å². The molecule has 4 nitrogen and oxygen atoms in total. The molecule has 8 heteroatoms. The normalized spacial score (nSPS) is 16.4. The van der Waals surface area contributed by atoms with E-state index in [0.29, 0.717) is 12.4 Å². The van der Waals surface area contributed by atoms with Crippen LogP contribution in [0.5, 0.6) is 0 Å². The zero-order valence-electron chi connectivity index (χ0n) is 11.4. The maximum atomic E-state index is 12.8. The largest absolute Gasteiger partial charge is 0.411 e. The molecule has 0 unspecified atom stereocenters. The van der Waals surface area contributed by atoms with Crippen LogP contribution in [0.25, 0.3) is 0 Å². The van der Waals surface area contributed by atoms with Gasteiger partial charge in [0, 0.05) is 12.7 Å². The summed E-state index contributed by atoms with van der Waals surface area (Å²) in [4.78, 5) is 15.9. The van der Waals surface area contributed by atoms with Gasteiger partial charge in [0.2, 0.25) is 0 Å². The molecule has 0 radical (unpaired) electrons. The first-order chi connectivity index (χ1) is 9.79. The van der Waals surface area contributed by atoms with Crippen molar-refractivity contribution in [1.82, 2.24) is 10.3 Å². The molecule has 0 saturated heterocycles. The summed E-state index contributed by atoms with van der Waals surface area (Å²) in [6, 6.07) is 1.31. The first kappa shape index (κ1) is 15.9. The molecule has 1 aromatic rings. The van der Waals surface area contributed by atoms with Crippen LogP contribution in [0.15, 0.2) is 12.3 Å². The van der Waals surface area contributed by atoms with Crippen LogP contribution in [-0.2, 0) is 0 Å². The van der Waals surface area contributed by atoms with Gasteiger partial charge in [-0.15, -0.1) is 0 Å². The Bertz CT molecular complexity index is 544. The van der Waals surface area contributed by atoms with E-state index in [0.717, 1.165) is 6.42 Å². The Morgan fingerprint density at radius 3 is 2.62 bits per heavy atom. The van der Waals surface area contributed by atoms with E-state index in [-0.39, 0.29) is 23.4 Å². The third-order valence-corrected chi connectivity index (χ3v) is 3.58. The number of pyridine rings is 1. The first-order valence-corrected chi connectivity index (χ1v) is 6.95. The van der Waals surface area contributed by atoms with E-state index in [2.05, 4.69) is 10.3 Å². The van der Waals surface area contributed by atoms with E-state index in [9.17, 15) is 18.0 Å². The topological polar surface area (TPSA) is 54.0 Å². The summed E-state index contributed by atoms with van der Waals surface area (Å²) in [6.45, 7) is 2.63. The van der Waals surface area contributed by atoms with E-state index >= 15 is 0 Å². The number of hydrogen-bond acceptors (Lipinski definition) is 3. The van der Waals surface area contributed by atoms with Gasteiger partial charge in [-0.3, -0.25) is 4.79 Å². The van der Waals surface area contributed by atoms with Crippen molar-refractivity contribution < 1.29 is 18.0 Å². The number of amides is 1. The number of carbonyl (C=O) groups is 1. The Morgan fingerprint density at radius 2 is 2.14 bits per heavy atom. The number of aromatic nitrogens is 1. The second kappa shape index (κ2) is 5.71. The van der Waals surface area contributed by atoms with Crippen LogP contribution in [0, 0.1) is 0 Å². The average Bonchev–Trinajstić information content (AvgIpc) is 3.17. The van der Waals surface area contributed by atoms with E-state index in [1.165, 1.54) is 12.3 Å². The number of hydrogen-bond donors (Lipinski definition) is 2. The highest BCUT2D eigenvalue weighted by Gasteiger charge is 2.64. The van der Waals surface area contributed by atoms with Crippen LogP contribution in [0.2, 0.25) is 5.02 Å². The van der Waals surface area contributed by atoms with Crippen molar-refractivity contribution in [3.8, 4) is 0 Å². The Kier molecular flexibility index (Phi) is 4.32. The molecule has 21 heavy (non-hydrogen) atoms. The zero-order valence-corrected chi connectivity index (χ0v) is 12.1. The molecule has 1 fully saturated rings. The minimum absolute atomic E-state index is 0.0116. The molecule has 1 aliphatic carbocycles. The van der Waals surface area contributed by atoms with Gasteiger partial charge < -0.3 is 10.6 Å². The van der Waals surface area contributed by atoms with Crippen LogP contribution >= 0.6 is 11.6 Å². The van der Waals surface area contributed by atoms with E-state index in [4.69, 9.17) is 11.6 Å². The maximum Gasteiger partial charge on any atom is 0.411 e. The van der Waals surface area contributed by atoms with Gasteiger partial charge in [0.05, 0.1) is 10.6 Å². The van der Waals surface area contributed by atoms with Crippen LogP contribution in [0.3, 0.4) is 0 Å². The molecular weight excluding hydrogens is 307 g/mol. The number of rotatable bonds is 5. The van der Waals surface area contributed by atoms with Crippen LogP contribution in [0.1, 0.15) is 36.5 Å². The van der Waals surface area contributed by atoms with E-state index < -0.39 is 17.6 Å². The van der Waals surface area contributed by atoms with E-state index in [1.54, 1.807) is 0 Å². The minimum Gasteiger partial charge on any atom is -0.369 e. The fraction of sp³-hybridized carbons (Fsp3) is 0.538. The molecule has 0 bridgehead atoms. The van der Waals surface area contributed by atoms with Crippen molar-refractivity contribution in [3.63, 3.8) is 0 Å². The third kappa shape index (κ3) is 3.40. The lowest BCUT2D eigenvalue weighted by Gasteiger charge is -2.20. The van der Waals surface area contributed by atoms with Gasteiger partial charge in [0.25, 0.3) is 5.91 Å². The molecule has 0 aromatic carbocycles. The van der Waals surface area contributed by atoms with Crippen molar-refractivity contribution in [2.24, 2.45) is 0 Å². The highest BCUT2D eigenvalue weighted by molar-refractivity contribution is 6.33. The summed E-state index contributed by atoms with van der Waals surface area (Å²) < 4.78 is 38.4. The Labute approximate surface area is 125 Å². The molecule has 1 aromatic heterocycles. The van der Waals surface area contributed by atoms with Gasteiger partial charge in [-0.1, -0.05) is 18.5 Å². The highest BCUT2D eigenvalue weighted by Crippen LogP contribution is 2.49. The van der Waals surface area contributed by atoms with Gasteiger partial charge in [-0.25, -0.2) is 4.98 Å². The summed E-state index contributed by atoms with van der Waals surface area (Å²) in [6.07, 6.45) is -2.55. The lowest BCUT2D eigenvalue weighted by atomic mass is 10.2. The number of nitrogens with zero attached hydrogens (tertiary/aromatic N) is 1. The standard InChI is InChI=1S/C13H15ClF3N3O/c1-2-5-18-10-9(14)6-8(7-19-10)11(21)20-12(3-4-12)13(15,16)17/h6-7H,2-5H2,1H3,(H,18,19)(H,20,21). The molecule has 1 heterocycles. The lowest BCUT2D eigenvalue weighted by Crippen LogP contribution is -2.47. The molecule has 0 atom stereocenters. The van der Waals surface area contributed by atoms with Crippen LogP contribution in [0.4, 0.5) is 19.0 Å². The molecule has 1 aliphatic rings. The van der Waals surface area contributed by atoms with Crippen molar-refractivity contribution >= 4 is 23.3 Å². The molecule has 1 saturated carbocycles. The molecule has 0 aliphatic heterocycles. The smallest absolute Gasteiger partial charge is 0.369 e. The first-order valence-electron chi connectivity index (χ1n) is 6.58. The molecule has 2 N–H and O–H groups in total. The lowest BCUT2D eigenvalue weighted by molar-refractivity contribution is -0.163. The molecular formula is C13H15ClF3N3O. The SMILES string of the molecule is CCCNc1ncc(C(=O)NC2(C(F)(F)F)CC2)cc1Cl. The predicted octanol–water partition coefficient (Wildman–Crippen LogP) is 3.38. The second-order valence-electron chi connectivity index (χ2n) is 5.02. The van der Waals surface area contributed by atoms with Gasteiger partial charge in [-0.2, -0.15) is 13.2 Å². The Hall–Kier alpha value is -1.50. The number of nitrogens with one attached hydrogen (secondary N) is 2. The Balaban J connectivity index is 2.09.